The van der Waals surface area contributed by atoms with Gasteiger partial charge in [-0.3, -0.25) is 4.79 Å². The third-order valence-corrected chi connectivity index (χ3v) is 7.28. The number of hydrogen-bond donors (Lipinski definition) is 3. The molecule has 3 N–H and O–H groups in total. The van der Waals surface area contributed by atoms with Crippen LogP contribution >= 0.6 is 0 Å². The minimum Gasteiger partial charge on any atom is -0.508 e. The van der Waals surface area contributed by atoms with Crippen molar-refractivity contribution >= 4 is 11.9 Å². The van der Waals surface area contributed by atoms with Gasteiger partial charge in [0.1, 0.15) is 23.3 Å². The number of aromatic hydroxyl groups is 2. The molecule has 0 aromatic heterocycles. The number of phenolic OH excluding ortho intramolecular Hbond substituents is 2. The van der Waals surface area contributed by atoms with E-state index in [1.54, 1.807) is 23.1 Å². The van der Waals surface area contributed by atoms with Crippen molar-refractivity contribution in [3.05, 3.63) is 53.6 Å². The number of para-hydroxylation sites is 1. The molecule has 7 heteroatoms. The molecule has 7 nitrogen and oxygen atoms in total. The first-order chi connectivity index (χ1) is 16.8. The lowest BCUT2D eigenvalue weighted by molar-refractivity contribution is -0.138. The van der Waals surface area contributed by atoms with E-state index in [-0.39, 0.29) is 52.9 Å². The third kappa shape index (κ3) is 5.96. The summed E-state index contributed by atoms with van der Waals surface area (Å²) in [5.74, 6) is 0.154. The topological polar surface area (TPSA) is 99.1 Å². The first-order valence-corrected chi connectivity index (χ1v) is 12.7. The van der Waals surface area contributed by atoms with Crippen molar-refractivity contribution in [2.75, 3.05) is 13.1 Å². The van der Waals surface area contributed by atoms with E-state index in [2.05, 4.69) is 5.32 Å². The molecule has 1 saturated heterocycles. The molecule has 188 valence electrons. The molecule has 1 heterocycles. The average molecular weight is 481 g/mol. The molecule has 2 aromatic carbocycles. The number of carbonyl (C=O) groups excluding carboxylic acids is 2. The Morgan fingerprint density at radius 2 is 1.63 bits per heavy atom. The van der Waals surface area contributed by atoms with Gasteiger partial charge in [0.25, 0.3) is 5.91 Å². The Labute approximate surface area is 207 Å². The van der Waals surface area contributed by atoms with Crippen LogP contribution in [-0.2, 0) is 4.79 Å². The standard InChI is InChI=1S/C28H36N2O5/c1-18(2)22-16-23(25(32)17-24(22)31)27(33)30-14-12-20(13-15-30)29-26(19-8-6-7-9-19)28(34)35-21-10-4-3-5-11-21/h3-5,10-11,16-20,26,29,31-32H,6-9,12-15H2,1-2H3/t26-/m0/s1. The Morgan fingerprint density at radius 3 is 2.26 bits per heavy atom. The summed E-state index contributed by atoms with van der Waals surface area (Å²) < 4.78 is 5.69. The maximum Gasteiger partial charge on any atom is 0.328 e. The number of nitrogens with one attached hydrogen (secondary N) is 1. The van der Waals surface area contributed by atoms with E-state index in [9.17, 15) is 19.8 Å². The fourth-order valence-electron chi connectivity index (χ4n) is 5.26. The number of phenols is 2. The summed E-state index contributed by atoms with van der Waals surface area (Å²) in [7, 11) is 0. The first kappa shape index (κ1) is 25.0. The van der Waals surface area contributed by atoms with Gasteiger partial charge in [-0.15, -0.1) is 0 Å². The first-order valence-electron chi connectivity index (χ1n) is 12.7. The predicted octanol–water partition coefficient (Wildman–Crippen LogP) is 4.58. The zero-order valence-electron chi connectivity index (χ0n) is 20.6. The van der Waals surface area contributed by atoms with Crippen LogP contribution in [0.4, 0.5) is 0 Å². The molecule has 0 unspecified atom stereocenters. The summed E-state index contributed by atoms with van der Waals surface area (Å²) in [6.07, 6.45) is 5.70. The van der Waals surface area contributed by atoms with Gasteiger partial charge >= 0.3 is 5.97 Å². The number of hydrogen-bond acceptors (Lipinski definition) is 6. The number of rotatable bonds is 7. The maximum absolute atomic E-state index is 13.1. The van der Waals surface area contributed by atoms with Crippen LogP contribution in [-0.4, -0.2) is 52.2 Å². The molecule has 0 bridgehead atoms. The number of piperidine rings is 1. The Morgan fingerprint density at radius 1 is 0.971 bits per heavy atom. The lowest BCUT2D eigenvalue weighted by Gasteiger charge is -2.35. The van der Waals surface area contributed by atoms with E-state index in [0.29, 0.717) is 37.2 Å². The highest BCUT2D eigenvalue weighted by Crippen LogP contribution is 2.34. The molecule has 1 amide bonds. The van der Waals surface area contributed by atoms with Crippen molar-refractivity contribution < 1.29 is 24.5 Å². The SMILES string of the molecule is CC(C)c1cc(C(=O)N2CCC(N[C@H](C(=O)Oc3ccccc3)C3CCCC3)CC2)c(O)cc1O. The Kier molecular flexibility index (Phi) is 7.96. The van der Waals surface area contributed by atoms with Crippen LogP contribution in [0.5, 0.6) is 17.2 Å². The van der Waals surface area contributed by atoms with Gasteiger partial charge in [0.15, 0.2) is 0 Å². The van der Waals surface area contributed by atoms with E-state index in [1.165, 1.54) is 6.07 Å². The lowest BCUT2D eigenvalue weighted by atomic mass is 9.94. The molecule has 2 aliphatic rings. The predicted molar refractivity (Wildman–Crippen MR) is 134 cm³/mol. The second-order valence-electron chi connectivity index (χ2n) is 10.1. The van der Waals surface area contributed by atoms with Gasteiger partial charge < -0.3 is 25.2 Å². The molecule has 1 aliphatic carbocycles. The van der Waals surface area contributed by atoms with Crippen molar-refractivity contribution in [2.24, 2.45) is 5.92 Å². The summed E-state index contributed by atoms with van der Waals surface area (Å²) in [5, 5.41) is 24.0. The lowest BCUT2D eigenvalue weighted by Crippen LogP contribution is -2.53. The summed E-state index contributed by atoms with van der Waals surface area (Å²) >= 11 is 0. The van der Waals surface area contributed by atoms with E-state index in [4.69, 9.17) is 4.74 Å². The van der Waals surface area contributed by atoms with Crippen LogP contribution < -0.4 is 10.1 Å². The Bertz CT molecular complexity index is 1030. The summed E-state index contributed by atoms with van der Waals surface area (Å²) in [6, 6.07) is 11.8. The fraction of sp³-hybridized carbons (Fsp3) is 0.500. The van der Waals surface area contributed by atoms with Gasteiger partial charge in [-0.25, -0.2) is 4.79 Å². The number of carbonyl (C=O) groups is 2. The number of nitrogens with zero attached hydrogens (tertiary/aromatic N) is 1. The number of likely N-dealkylation sites (tertiary alicyclic amines) is 1. The van der Waals surface area contributed by atoms with Crippen molar-refractivity contribution in [3.8, 4) is 17.2 Å². The Hall–Kier alpha value is -3.06. The van der Waals surface area contributed by atoms with Crippen LogP contribution in [0.25, 0.3) is 0 Å². The summed E-state index contributed by atoms with van der Waals surface area (Å²) in [6.45, 7) is 4.92. The fourth-order valence-corrected chi connectivity index (χ4v) is 5.26. The molecule has 1 atom stereocenters. The van der Waals surface area contributed by atoms with E-state index in [1.807, 2.05) is 32.0 Å². The number of benzene rings is 2. The van der Waals surface area contributed by atoms with Crippen LogP contribution in [0.3, 0.4) is 0 Å². The number of esters is 1. The van der Waals surface area contributed by atoms with Gasteiger partial charge in [0.05, 0.1) is 5.56 Å². The molecule has 1 saturated carbocycles. The molecule has 1 aliphatic heterocycles. The molecular formula is C28H36N2O5. The second-order valence-corrected chi connectivity index (χ2v) is 10.1. The Balaban J connectivity index is 1.39. The molecule has 35 heavy (non-hydrogen) atoms. The highest BCUT2D eigenvalue weighted by molar-refractivity contribution is 5.97. The highest BCUT2D eigenvalue weighted by Gasteiger charge is 2.35. The largest absolute Gasteiger partial charge is 0.508 e. The van der Waals surface area contributed by atoms with E-state index < -0.39 is 0 Å². The molecular weight excluding hydrogens is 444 g/mol. The monoisotopic (exact) mass is 480 g/mol. The zero-order chi connectivity index (χ0) is 24.9. The zero-order valence-corrected chi connectivity index (χ0v) is 20.6. The minimum atomic E-state index is -0.361. The molecule has 4 rings (SSSR count). The van der Waals surface area contributed by atoms with Gasteiger partial charge in [-0.2, -0.15) is 0 Å². The van der Waals surface area contributed by atoms with Gasteiger partial charge in [0, 0.05) is 25.2 Å². The molecule has 0 radical (unpaired) electrons. The van der Waals surface area contributed by atoms with Crippen molar-refractivity contribution in [3.63, 3.8) is 0 Å². The van der Waals surface area contributed by atoms with E-state index in [0.717, 1.165) is 25.7 Å². The molecule has 2 aromatic rings. The van der Waals surface area contributed by atoms with Gasteiger partial charge in [-0.05, 0) is 61.3 Å². The molecule has 2 fully saturated rings. The van der Waals surface area contributed by atoms with Gasteiger partial charge in [0.2, 0.25) is 0 Å². The highest BCUT2D eigenvalue weighted by atomic mass is 16.5. The maximum atomic E-state index is 13.1. The van der Waals surface area contributed by atoms with Crippen molar-refractivity contribution in [2.45, 2.75) is 70.4 Å². The average Bonchev–Trinajstić information content (AvgIpc) is 3.37. The quantitative estimate of drug-likeness (QED) is 0.396. The van der Waals surface area contributed by atoms with Crippen LogP contribution in [0.1, 0.15) is 74.2 Å². The smallest absolute Gasteiger partial charge is 0.328 e. The van der Waals surface area contributed by atoms with Crippen molar-refractivity contribution in [1.82, 2.24) is 10.2 Å². The number of ether oxygens (including phenoxy) is 1. The van der Waals surface area contributed by atoms with Crippen LogP contribution in [0, 0.1) is 5.92 Å². The molecule has 0 spiro atoms. The normalized spacial score (nSPS) is 18.1. The summed E-state index contributed by atoms with van der Waals surface area (Å²) in [5.41, 5.74) is 0.854. The number of amides is 1. The van der Waals surface area contributed by atoms with Crippen LogP contribution in [0.2, 0.25) is 0 Å². The van der Waals surface area contributed by atoms with Crippen LogP contribution in [0.15, 0.2) is 42.5 Å². The summed E-state index contributed by atoms with van der Waals surface area (Å²) in [4.78, 5) is 28.0. The van der Waals surface area contributed by atoms with E-state index >= 15 is 0 Å². The van der Waals surface area contributed by atoms with Gasteiger partial charge in [-0.1, -0.05) is 44.9 Å². The minimum absolute atomic E-state index is 0.00250. The second kappa shape index (κ2) is 11.1. The third-order valence-electron chi connectivity index (χ3n) is 7.28. The van der Waals surface area contributed by atoms with Crippen molar-refractivity contribution in [1.29, 1.82) is 0 Å².